The second-order valence-corrected chi connectivity index (χ2v) is 21.5. The molecule has 1 aromatic carbocycles. The minimum absolute atomic E-state index is 0.0411. The van der Waals surface area contributed by atoms with Crippen LogP contribution in [0.3, 0.4) is 0 Å². The van der Waals surface area contributed by atoms with Crippen molar-refractivity contribution in [2.45, 2.75) is 51.1 Å². The molecule has 1 aromatic rings. The number of sulfone groups is 1. The van der Waals surface area contributed by atoms with Crippen molar-refractivity contribution < 1.29 is 26.2 Å². The van der Waals surface area contributed by atoms with E-state index in [9.17, 15) is 13.2 Å². The number of hydrogen-bond donors (Lipinski definition) is 0. The number of carbonyl (C=O) groups is 1. The molecule has 0 aliphatic carbocycles. The first-order chi connectivity index (χ1) is 15.7. The van der Waals surface area contributed by atoms with E-state index in [1.165, 1.54) is 24.3 Å². The number of rotatable bonds is 13. The average molecular weight is 542 g/mol. The number of allylic oxidation sites excluding steroid dienone is 2. The summed E-state index contributed by atoms with van der Waals surface area (Å²) in [7, 11) is -7.58. The molecule has 0 radical (unpaired) electrons. The van der Waals surface area contributed by atoms with Crippen molar-refractivity contribution in [3.63, 3.8) is 0 Å². The van der Waals surface area contributed by atoms with Gasteiger partial charge in [0.05, 0.1) is 11.5 Å². The van der Waals surface area contributed by atoms with Crippen molar-refractivity contribution >= 4 is 41.7 Å². The van der Waals surface area contributed by atoms with Gasteiger partial charge in [-0.25, -0.2) is 13.2 Å². The molecule has 0 aromatic heterocycles. The van der Waals surface area contributed by atoms with Crippen molar-refractivity contribution in [3.8, 4) is 0 Å². The molecule has 0 amide bonds. The summed E-state index contributed by atoms with van der Waals surface area (Å²) in [6.45, 7) is 15.1. The Balaban J connectivity index is 3.03. The number of esters is 1. The summed E-state index contributed by atoms with van der Waals surface area (Å²) in [5.41, 5.74) is 2.07. The Bertz CT molecular complexity index is 988. The molecule has 0 heterocycles. The van der Waals surface area contributed by atoms with Gasteiger partial charge in [-0.15, -0.1) is 0 Å². The van der Waals surface area contributed by atoms with Gasteiger partial charge in [-0.3, -0.25) is 0 Å². The third-order valence-electron chi connectivity index (χ3n) is 4.20. The number of hydrogen-bond acceptors (Lipinski definition) is 7. The van der Waals surface area contributed by atoms with E-state index in [2.05, 4.69) is 45.0 Å². The highest BCUT2D eigenvalue weighted by Gasteiger charge is 2.34. The number of carbonyl (C=O) groups excluding carboxylic acids is 1. The molecule has 11 heteroatoms. The summed E-state index contributed by atoms with van der Waals surface area (Å²) in [5, 5.41) is 0. The van der Waals surface area contributed by atoms with Crippen LogP contribution in [-0.4, -0.2) is 65.4 Å². The Morgan fingerprint density at radius 2 is 1.74 bits per heavy atom. The van der Waals surface area contributed by atoms with Crippen LogP contribution in [0, 0.1) is 0 Å². The molecule has 7 nitrogen and oxygen atoms in total. The topological polar surface area (TPSA) is 82.1 Å². The second-order valence-electron chi connectivity index (χ2n) is 9.15. The predicted molar refractivity (Wildman–Crippen MR) is 145 cm³/mol. The van der Waals surface area contributed by atoms with Gasteiger partial charge in [0.2, 0.25) is 9.84 Å². The smallest absolute Gasteiger partial charge is 0.350 e. The summed E-state index contributed by atoms with van der Waals surface area (Å²) in [5.74, 6) is -0.876. The molecule has 0 saturated carbocycles. The van der Waals surface area contributed by atoms with Crippen LogP contribution in [0.4, 0.5) is 0 Å². The van der Waals surface area contributed by atoms with Crippen molar-refractivity contribution in [1.82, 2.24) is 4.90 Å². The highest BCUT2D eigenvalue weighted by Crippen LogP contribution is 2.21. The van der Waals surface area contributed by atoms with Crippen molar-refractivity contribution in [3.05, 3.63) is 65.4 Å². The molecule has 0 spiro atoms. The first-order valence-corrected chi connectivity index (χ1v) is 21.4. The van der Waals surface area contributed by atoms with Gasteiger partial charge >= 0.3 is 14.5 Å². The van der Waals surface area contributed by atoms with Crippen LogP contribution in [0.2, 0.25) is 39.3 Å². The molecule has 0 aliphatic rings. The van der Waals surface area contributed by atoms with E-state index in [0.29, 0.717) is 6.54 Å². The standard InChI is InChI=1S/C23H39NO6SSi3/c1-9-28-23(25)22(31(26,27)21-15-11-10-12-16-21)17-13-18-24(2)19-14-20-34(8,29-32(3)4)30-33(5,6)7/h10-18,20,32H,9,19H2,1-8H3. The SMILES string of the molecule is CCOC(=O)C(=CC=CN(C)CC=C[Si](C)(O[SiH](C)C)O[Si](C)(C)C)S(=O)(=O)c1ccccc1. The van der Waals surface area contributed by atoms with Gasteiger partial charge in [0.15, 0.2) is 22.3 Å². The van der Waals surface area contributed by atoms with E-state index in [1.807, 2.05) is 18.0 Å². The van der Waals surface area contributed by atoms with E-state index in [0.717, 1.165) is 0 Å². The zero-order chi connectivity index (χ0) is 26.0. The lowest BCUT2D eigenvalue weighted by Crippen LogP contribution is -2.48. The van der Waals surface area contributed by atoms with Gasteiger partial charge in [-0.2, -0.15) is 0 Å². The second kappa shape index (κ2) is 13.4. The molecule has 0 aliphatic heterocycles. The maximum Gasteiger partial charge on any atom is 0.350 e. The number of nitrogens with zero attached hydrogens (tertiary/aromatic N) is 1. The van der Waals surface area contributed by atoms with Crippen LogP contribution < -0.4 is 0 Å². The summed E-state index contributed by atoms with van der Waals surface area (Å²) in [6, 6.07) is 7.84. The quantitative estimate of drug-likeness (QED) is 0.159. The fourth-order valence-corrected chi connectivity index (χ4v) is 14.8. The normalized spacial score (nSPS) is 15.1. The largest absolute Gasteiger partial charge is 0.462 e. The number of likely N-dealkylation sites (N-methyl/N-ethyl adjacent to an activating group) is 1. The minimum Gasteiger partial charge on any atom is -0.462 e. The molecule has 1 rings (SSSR count). The van der Waals surface area contributed by atoms with Gasteiger partial charge in [0.1, 0.15) is 0 Å². The first-order valence-electron chi connectivity index (χ1n) is 11.3. The van der Waals surface area contributed by atoms with Crippen LogP contribution >= 0.6 is 0 Å². The third-order valence-corrected chi connectivity index (χ3v) is 14.6. The molecule has 1 unspecified atom stereocenters. The maximum atomic E-state index is 13.0. The Morgan fingerprint density at radius 3 is 2.26 bits per heavy atom. The number of benzene rings is 1. The van der Waals surface area contributed by atoms with Crippen molar-refractivity contribution in [2.75, 3.05) is 20.2 Å². The zero-order valence-electron chi connectivity index (χ0n) is 21.6. The molecule has 0 N–H and O–H groups in total. The minimum atomic E-state index is -4.00. The van der Waals surface area contributed by atoms with Crippen LogP contribution in [0.1, 0.15) is 6.92 Å². The molecular formula is C23H39NO6SSi3. The van der Waals surface area contributed by atoms with E-state index in [-0.39, 0.29) is 11.5 Å². The van der Waals surface area contributed by atoms with Crippen LogP contribution in [-0.2, 0) is 27.6 Å². The summed E-state index contributed by atoms with van der Waals surface area (Å²) in [4.78, 5) is 13.9. The van der Waals surface area contributed by atoms with Crippen molar-refractivity contribution in [2.24, 2.45) is 0 Å². The lowest BCUT2D eigenvalue weighted by atomic mass is 10.4. The molecule has 34 heavy (non-hydrogen) atoms. The Labute approximate surface area is 209 Å². The van der Waals surface area contributed by atoms with E-state index in [1.54, 1.807) is 31.3 Å². The summed E-state index contributed by atoms with van der Waals surface area (Å²) >= 11 is 0. The monoisotopic (exact) mass is 541 g/mol. The van der Waals surface area contributed by atoms with E-state index >= 15 is 0 Å². The molecule has 0 bridgehead atoms. The maximum absolute atomic E-state index is 13.0. The highest BCUT2D eigenvalue weighted by atomic mass is 32.2. The molecule has 0 saturated heterocycles. The number of ether oxygens (including phenoxy) is 1. The average Bonchev–Trinajstić information content (AvgIpc) is 2.69. The van der Waals surface area contributed by atoms with Gasteiger partial charge in [-0.05, 0) is 82.4 Å². The molecule has 0 fully saturated rings. The predicted octanol–water partition coefficient (Wildman–Crippen LogP) is 4.37. The van der Waals surface area contributed by atoms with Gasteiger partial charge in [0.25, 0.3) is 0 Å². The molecule has 1 atom stereocenters. The third kappa shape index (κ3) is 10.7. The fourth-order valence-electron chi connectivity index (χ4n) is 3.14. The summed E-state index contributed by atoms with van der Waals surface area (Å²) in [6.07, 6.45) is 6.54. The highest BCUT2D eigenvalue weighted by molar-refractivity contribution is 7.96. The van der Waals surface area contributed by atoms with Gasteiger partial charge < -0.3 is 17.9 Å². The van der Waals surface area contributed by atoms with Crippen LogP contribution in [0.25, 0.3) is 0 Å². The van der Waals surface area contributed by atoms with Gasteiger partial charge in [-0.1, -0.05) is 24.3 Å². The Morgan fingerprint density at radius 1 is 1.12 bits per heavy atom. The van der Waals surface area contributed by atoms with Crippen molar-refractivity contribution in [1.29, 1.82) is 0 Å². The Hall–Kier alpha value is -1.77. The molecular weight excluding hydrogens is 503 g/mol. The van der Waals surface area contributed by atoms with Crippen LogP contribution in [0.5, 0.6) is 0 Å². The van der Waals surface area contributed by atoms with Gasteiger partial charge in [0, 0.05) is 13.6 Å². The molecule has 190 valence electrons. The van der Waals surface area contributed by atoms with E-state index in [4.69, 9.17) is 13.0 Å². The fraction of sp³-hybridized carbons (Fsp3) is 0.435. The lowest BCUT2D eigenvalue weighted by Gasteiger charge is -2.33. The summed E-state index contributed by atoms with van der Waals surface area (Å²) < 4.78 is 43.6. The lowest BCUT2D eigenvalue weighted by molar-refractivity contribution is -0.137. The first kappa shape index (κ1) is 30.3. The van der Waals surface area contributed by atoms with Crippen LogP contribution in [0.15, 0.2) is 70.3 Å². The van der Waals surface area contributed by atoms with E-state index < -0.39 is 46.6 Å². The zero-order valence-corrected chi connectivity index (χ0v) is 25.5. The Kier molecular flexibility index (Phi) is 11.9.